The second-order valence-corrected chi connectivity index (χ2v) is 4.59. The molecule has 1 heterocycles. The fourth-order valence-corrected chi connectivity index (χ4v) is 1.96. The highest BCUT2D eigenvalue weighted by Crippen LogP contribution is 2.23. The highest BCUT2D eigenvalue weighted by molar-refractivity contribution is 6.31. The number of anilines is 1. The van der Waals surface area contributed by atoms with Gasteiger partial charge in [0.1, 0.15) is 5.76 Å². The molecule has 1 aromatic heterocycles. The van der Waals surface area contributed by atoms with Gasteiger partial charge in [0.15, 0.2) is 0 Å². The van der Waals surface area contributed by atoms with Crippen LogP contribution in [0, 0.1) is 13.8 Å². The van der Waals surface area contributed by atoms with Crippen molar-refractivity contribution >= 4 is 23.3 Å². The van der Waals surface area contributed by atoms with Crippen LogP contribution in [-0.2, 0) is 6.54 Å². The topological polar surface area (TPSA) is 75.4 Å². The molecule has 0 aliphatic carbocycles. The largest absolute Gasteiger partial charge is 0.478 e. The van der Waals surface area contributed by atoms with Crippen molar-refractivity contribution < 1.29 is 14.4 Å². The molecule has 0 atom stereocenters. The second-order valence-electron chi connectivity index (χ2n) is 4.15. The minimum atomic E-state index is -1.00. The molecule has 5 nitrogen and oxygen atoms in total. The molecule has 0 spiro atoms. The molecule has 1 aromatic carbocycles. The van der Waals surface area contributed by atoms with Gasteiger partial charge in [-0.25, -0.2) is 4.79 Å². The van der Waals surface area contributed by atoms with Gasteiger partial charge in [-0.3, -0.25) is 0 Å². The molecule has 0 saturated heterocycles. The molecule has 0 amide bonds. The quantitative estimate of drug-likeness (QED) is 0.899. The van der Waals surface area contributed by atoms with Gasteiger partial charge in [0.05, 0.1) is 16.9 Å². The number of nitrogens with zero attached hydrogens (tertiary/aromatic N) is 1. The molecular weight excluding hydrogens is 268 g/mol. The van der Waals surface area contributed by atoms with Crippen LogP contribution in [0.15, 0.2) is 22.7 Å². The predicted molar refractivity (Wildman–Crippen MR) is 71.7 cm³/mol. The number of aryl methyl sites for hydroxylation is 2. The van der Waals surface area contributed by atoms with E-state index in [2.05, 4.69) is 10.5 Å². The van der Waals surface area contributed by atoms with E-state index in [0.29, 0.717) is 23.0 Å². The van der Waals surface area contributed by atoms with Crippen LogP contribution < -0.4 is 5.32 Å². The summed E-state index contributed by atoms with van der Waals surface area (Å²) in [5.41, 5.74) is 2.34. The molecule has 100 valence electrons. The Labute approximate surface area is 115 Å². The monoisotopic (exact) mass is 280 g/mol. The maximum atomic E-state index is 11.1. The fourth-order valence-electron chi connectivity index (χ4n) is 1.79. The Kier molecular flexibility index (Phi) is 3.76. The Hall–Kier alpha value is -2.01. The summed E-state index contributed by atoms with van der Waals surface area (Å²) in [6.45, 7) is 4.08. The molecule has 19 heavy (non-hydrogen) atoms. The Balaban J connectivity index is 2.24. The average molecular weight is 281 g/mol. The molecule has 0 fully saturated rings. The number of carboxylic acids is 1. The van der Waals surface area contributed by atoms with E-state index >= 15 is 0 Å². The number of nitrogens with one attached hydrogen (secondary N) is 1. The standard InChI is InChI=1S/C13H13ClN2O3/c1-7-11(8(2)19-16-7)6-15-12-5-9(14)3-4-10(12)13(17)18/h3-5,15H,6H2,1-2H3,(H,17,18). The average Bonchev–Trinajstić information content (AvgIpc) is 2.66. The molecule has 0 saturated carbocycles. The van der Waals surface area contributed by atoms with E-state index in [-0.39, 0.29) is 5.56 Å². The SMILES string of the molecule is Cc1noc(C)c1CNc1cc(Cl)ccc1C(=O)O. The summed E-state index contributed by atoms with van der Waals surface area (Å²) in [5.74, 6) is -0.290. The number of benzene rings is 1. The van der Waals surface area contributed by atoms with Gasteiger partial charge in [-0.1, -0.05) is 16.8 Å². The molecule has 0 aliphatic heterocycles. The first-order valence-electron chi connectivity index (χ1n) is 5.67. The van der Waals surface area contributed by atoms with Crippen LogP contribution in [0.25, 0.3) is 0 Å². The zero-order valence-electron chi connectivity index (χ0n) is 10.5. The number of hydrogen-bond acceptors (Lipinski definition) is 4. The van der Waals surface area contributed by atoms with Crippen molar-refractivity contribution in [1.82, 2.24) is 5.16 Å². The predicted octanol–water partition coefficient (Wildman–Crippen LogP) is 3.26. The maximum Gasteiger partial charge on any atom is 0.337 e. The summed E-state index contributed by atoms with van der Waals surface area (Å²) in [6.07, 6.45) is 0. The second kappa shape index (κ2) is 5.32. The van der Waals surface area contributed by atoms with E-state index in [4.69, 9.17) is 21.2 Å². The smallest absolute Gasteiger partial charge is 0.337 e. The Bertz CT molecular complexity index is 603. The molecule has 0 aliphatic rings. The fraction of sp³-hybridized carbons (Fsp3) is 0.231. The molecule has 2 N–H and O–H groups in total. The lowest BCUT2D eigenvalue weighted by atomic mass is 10.1. The lowest BCUT2D eigenvalue weighted by molar-refractivity contribution is 0.0698. The van der Waals surface area contributed by atoms with E-state index < -0.39 is 5.97 Å². The minimum Gasteiger partial charge on any atom is -0.478 e. The van der Waals surface area contributed by atoms with Gasteiger partial charge in [0.25, 0.3) is 0 Å². The van der Waals surface area contributed by atoms with Gasteiger partial charge in [-0.2, -0.15) is 0 Å². The minimum absolute atomic E-state index is 0.177. The first-order chi connectivity index (χ1) is 8.99. The van der Waals surface area contributed by atoms with Crippen LogP contribution in [0.1, 0.15) is 27.4 Å². The molecule has 2 aromatic rings. The summed E-state index contributed by atoms with van der Waals surface area (Å²) in [6, 6.07) is 4.61. The van der Waals surface area contributed by atoms with Gasteiger partial charge < -0.3 is 14.9 Å². The van der Waals surface area contributed by atoms with Crippen molar-refractivity contribution in [3.8, 4) is 0 Å². The maximum absolute atomic E-state index is 11.1. The number of hydrogen-bond donors (Lipinski definition) is 2. The van der Waals surface area contributed by atoms with Crippen LogP contribution in [0.4, 0.5) is 5.69 Å². The Morgan fingerprint density at radius 2 is 2.21 bits per heavy atom. The van der Waals surface area contributed by atoms with E-state index in [1.807, 2.05) is 13.8 Å². The first kappa shape index (κ1) is 13.4. The van der Waals surface area contributed by atoms with Crippen LogP contribution in [0.2, 0.25) is 5.02 Å². The number of aromatic carboxylic acids is 1. The van der Waals surface area contributed by atoms with Crippen molar-refractivity contribution in [2.75, 3.05) is 5.32 Å². The van der Waals surface area contributed by atoms with Crippen molar-refractivity contribution in [1.29, 1.82) is 0 Å². The van der Waals surface area contributed by atoms with E-state index in [1.165, 1.54) is 6.07 Å². The summed E-state index contributed by atoms with van der Waals surface area (Å²) in [5, 5.41) is 16.5. The number of aromatic nitrogens is 1. The van der Waals surface area contributed by atoms with Gasteiger partial charge in [-0.05, 0) is 32.0 Å². The van der Waals surface area contributed by atoms with Crippen molar-refractivity contribution in [2.45, 2.75) is 20.4 Å². The molecule has 0 bridgehead atoms. The third kappa shape index (κ3) is 2.88. The molecule has 6 heteroatoms. The number of rotatable bonds is 4. The van der Waals surface area contributed by atoms with Gasteiger partial charge >= 0.3 is 5.97 Å². The number of carbonyl (C=O) groups is 1. The molecule has 0 unspecified atom stereocenters. The highest BCUT2D eigenvalue weighted by atomic mass is 35.5. The number of halogens is 1. The summed E-state index contributed by atoms with van der Waals surface area (Å²) in [4.78, 5) is 11.1. The van der Waals surface area contributed by atoms with E-state index in [9.17, 15) is 4.79 Å². The first-order valence-corrected chi connectivity index (χ1v) is 6.05. The van der Waals surface area contributed by atoms with E-state index in [1.54, 1.807) is 12.1 Å². The van der Waals surface area contributed by atoms with Crippen molar-refractivity contribution in [2.24, 2.45) is 0 Å². The molecule has 2 rings (SSSR count). The lowest BCUT2D eigenvalue weighted by Gasteiger charge is -2.09. The van der Waals surface area contributed by atoms with Gasteiger partial charge in [0.2, 0.25) is 0 Å². The lowest BCUT2D eigenvalue weighted by Crippen LogP contribution is -2.07. The Morgan fingerprint density at radius 1 is 1.47 bits per heavy atom. The van der Waals surface area contributed by atoms with Crippen molar-refractivity contribution in [3.63, 3.8) is 0 Å². The van der Waals surface area contributed by atoms with Crippen LogP contribution in [-0.4, -0.2) is 16.2 Å². The van der Waals surface area contributed by atoms with Gasteiger partial charge in [-0.15, -0.1) is 0 Å². The third-order valence-corrected chi connectivity index (χ3v) is 3.08. The van der Waals surface area contributed by atoms with Crippen LogP contribution in [0.3, 0.4) is 0 Å². The zero-order chi connectivity index (χ0) is 14.0. The number of carboxylic acid groups (broad SMARTS) is 1. The summed E-state index contributed by atoms with van der Waals surface area (Å²) >= 11 is 5.88. The molecular formula is C13H13ClN2O3. The Morgan fingerprint density at radius 3 is 2.79 bits per heavy atom. The normalized spacial score (nSPS) is 10.5. The van der Waals surface area contributed by atoms with Crippen molar-refractivity contribution in [3.05, 3.63) is 45.8 Å². The highest BCUT2D eigenvalue weighted by Gasteiger charge is 2.13. The van der Waals surface area contributed by atoms with Crippen LogP contribution in [0.5, 0.6) is 0 Å². The van der Waals surface area contributed by atoms with E-state index in [0.717, 1.165) is 11.3 Å². The summed E-state index contributed by atoms with van der Waals surface area (Å²) < 4.78 is 5.05. The van der Waals surface area contributed by atoms with Crippen LogP contribution >= 0.6 is 11.6 Å². The zero-order valence-corrected chi connectivity index (χ0v) is 11.3. The molecule has 0 radical (unpaired) electrons. The van der Waals surface area contributed by atoms with Gasteiger partial charge in [0, 0.05) is 17.1 Å². The summed E-state index contributed by atoms with van der Waals surface area (Å²) in [7, 11) is 0. The third-order valence-electron chi connectivity index (χ3n) is 2.85.